The molecule has 2 aromatic rings. The molecule has 1 N–H and O–H groups in total. The fraction of sp³-hybridized carbons (Fsp3) is 0.364. The molecule has 0 spiro atoms. The summed E-state index contributed by atoms with van der Waals surface area (Å²) in [7, 11) is 4.38. The van der Waals surface area contributed by atoms with Crippen molar-refractivity contribution in [2.45, 2.75) is 26.7 Å². The Balaban J connectivity index is 2.11. The molecule has 0 heterocycles. The normalized spacial score (nSPS) is 10.2. The summed E-state index contributed by atoms with van der Waals surface area (Å²) < 4.78 is 20.9. The van der Waals surface area contributed by atoms with Crippen LogP contribution in [0, 0.1) is 0 Å². The van der Waals surface area contributed by atoms with Crippen molar-refractivity contribution in [2.75, 3.05) is 33.3 Å². The molecule has 2 rings (SSSR count). The topological polar surface area (TPSA) is 83.1 Å². The maximum absolute atomic E-state index is 12.4. The SMILES string of the molecule is CCc1cccc(CC)c1NC(=O)COC(=O)c1cc(OC)c(OC)c(OC)c1. The van der Waals surface area contributed by atoms with Gasteiger partial charge in [0.05, 0.1) is 26.9 Å². The summed E-state index contributed by atoms with van der Waals surface area (Å²) in [5.74, 6) is -0.0479. The van der Waals surface area contributed by atoms with E-state index in [-0.39, 0.29) is 5.56 Å². The van der Waals surface area contributed by atoms with E-state index in [1.54, 1.807) is 0 Å². The van der Waals surface area contributed by atoms with E-state index in [1.807, 2.05) is 32.0 Å². The molecule has 7 heteroatoms. The molecule has 0 aliphatic rings. The van der Waals surface area contributed by atoms with Gasteiger partial charge in [-0.15, -0.1) is 0 Å². The molecule has 0 saturated heterocycles. The molecule has 0 aliphatic heterocycles. The molecule has 0 saturated carbocycles. The van der Waals surface area contributed by atoms with Gasteiger partial charge < -0.3 is 24.3 Å². The van der Waals surface area contributed by atoms with Crippen LogP contribution in [0.25, 0.3) is 0 Å². The van der Waals surface area contributed by atoms with Gasteiger partial charge in [0.25, 0.3) is 5.91 Å². The lowest BCUT2D eigenvalue weighted by atomic mass is 10.0. The Morgan fingerprint density at radius 1 is 0.897 bits per heavy atom. The van der Waals surface area contributed by atoms with Gasteiger partial charge in [-0.2, -0.15) is 0 Å². The van der Waals surface area contributed by atoms with Crippen molar-refractivity contribution in [3.63, 3.8) is 0 Å². The number of nitrogens with one attached hydrogen (secondary N) is 1. The number of carbonyl (C=O) groups excluding carboxylic acids is 2. The van der Waals surface area contributed by atoms with Crippen LogP contribution >= 0.6 is 0 Å². The number of esters is 1. The first kappa shape index (κ1) is 22.1. The van der Waals surface area contributed by atoms with Gasteiger partial charge in [-0.25, -0.2) is 4.79 Å². The molecule has 0 aromatic heterocycles. The summed E-state index contributed by atoms with van der Waals surface area (Å²) in [4.78, 5) is 24.8. The van der Waals surface area contributed by atoms with E-state index >= 15 is 0 Å². The predicted molar refractivity (Wildman–Crippen MR) is 110 cm³/mol. The zero-order chi connectivity index (χ0) is 21.4. The average Bonchev–Trinajstić information content (AvgIpc) is 2.76. The van der Waals surface area contributed by atoms with Gasteiger partial charge in [0.1, 0.15) is 0 Å². The van der Waals surface area contributed by atoms with E-state index in [0.29, 0.717) is 17.2 Å². The van der Waals surface area contributed by atoms with Crippen molar-refractivity contribution in [3.8, 4) is 17.2 Å². The fourth-order valence-electron chi connectivity index (χ4n) is 2.99. The van der Waals surface area contributed by atoms with E-state index in [2.05, 4.69) is 5.32 Å². The number of ether oxygens (including phenoxy) is 4. The highest BCUT2D eigenvalue weighted by Gasteiger charge is 2.19. The van der Waals surface area contributed by atoms with Crippen molar-refractivity contribution in [1.82, 2.24) is 0 Å². The van der Waals surface area contributed by atoms with E-state index in [0.717, 1.165) is 29.7 Å². The van der Waals surface area contributed by atoms with Gasteiger partial charge in [-0.05, 0) is 36.1 Å². The molecule has 156 valence electrons. The maximum Gasteiger partial charge on any atom is 0.338 e. The Morgan fingerprint density at radius 3 is 1.90 bits per heavy atom. The highest BCUT2D eigenvalue weighted by molar-refractivity contribution is 5.97. The molecular formula is C22H27NO6. The number of aryl methyl sites for hydroxylation is 2. The number of benzene rings is 2. The summed E-state index contributed by atoms with van der Waals surface area (Å²) in [6.07, 6.45) is 1.57. The van der Waals surface area contributed by atoms with E-state index in [9.17, 15) is 9.59 Å². The summed E-state index contributed by atoms with van der Waals surface area (Å²) in [6, 6.07) is 8.86. The Bertz CT molecular complexity index is 830. The second kappa shape index (κ2) is 10.4. The molecular weight excluding hydrogens is 374 g/mol. The first-order valence-electron chi connectivity index (χ1n) is 9.36. The minimum Gasteiger partial charge on any atom is -0.493 e. The number of hydrogen-bond acceptors (Lipinski definition) is 6. The monoisotopic (exact) mass is 401 g/mol. The second-order valence-electron chi connectivity index (χ2n) is 6.20. The molecule has 0 aliphatic carbocycles. The van der Waals surface area contributed by atoms with Gasteiger partial charge in [0.15, 0.2) is 18.1 Å². The Hall–Kier alpha value is -3.22. The van der Waals surface area contributed by atoms with Gasteiger partial charge in [-0.3, -0.25) is 4.79 Å². The lowest BCUT2D eigenvalue weighted by Gasteiger charge is -2.15. The van der Waals surface area contributed by atoms with Crippen LogP contribution in [-0.4, -0.2) is 39.8 Å². The number of rotatable bonds is 9. The van der Waals surface area contributed by atoms with Crippen LogP contribution in [-0.2, 0) is 22.4 Å². The van der Waals surface area contributed by atoms with Crippen molar-refractivity contribution in [3.05, 3.63) is 47.0 Å². The summed E-state index contributed by atoms with van der Waals surface area (Å²) in [5, 5.41) is 2.87. The molecule has 0 fully saturated rings. The van der Waals surface area contributed by atoms with E-state index in [4.69, 9.17) is 18.9 Å². The number of methoxy groups -OCH3 is 3. The fourth-order valence-corrected chi connectivity index (χ4v) is 2.99. The number of anilines is 1. The minimum atomic E-state index is -0.668. The third-order valence-electron chi connectivity index (χ3n) is 4.50. The number of amides is 1. The first-order valence-corrected chi connectivity index (χ1v) is 9.36. The molecule has 0 unspecified atom stereocenters. The highest BCUT2D eigenvalue weighted by atomic mass is 16.5. The molecule has 2 aromatic carbocycles. The van der Waals surface area contributed by atoms with Crippen molar-refractivity contribution in [1.29, 1.82) is 0 Å². The number of carbonyl (C=O) groups is 2. The summed E-state index contributed by atoms with van der Waals surface area (Å²) >= 11 is 0. The number of hydrogen-bond donors (Lipinski definition) is 1. The van der Waals surface area contributed by atoms with Crippen LogP contribution in [0.15, 0.2) is 30.3 Å². The number of para-hydroxylation sites is 1. The molecule has 29 heavy (non-hydrogen) atoms. The van der Waals surface area contributed by atoms with Gasteiger partial charge >= 0.3 is 5.97 Å². The van der Waals surface area contributed by atoms with Gasteiger partial charge in [-0.1, -0.05) is 32.0 Å². The average molecular weight is 401 g/mol. The maximum atomic E-state index is 12.4. The van der Waals surface area contributed by atoms with Crippen LogP contribution < -0.4 is 19.5 Å². The second-order valence-corrected chi connectivity index (χ2v) is 6.20. The molecule has 7 nitrogen and oxygen atoms in total. The van der Waals surface area contributed by atoms with Crippen molar-refractivity contribution in [2.24, 2.45) is 0 Å². The lowest BCUT2D eigenvalue weighted by molar-refractivity contribution is -0.119. The van der Waals surface area contributed by atoms with E-state index in [1.165, 1.54) is 33.5 Å². The van der Waals surface area contributed by atoms with E-state index < -0.39 is 18.5 Å². The van der Waals surface area contributed by atoms with Crippen LogP contribution in [0.1, 0.15) is 35.3 Å². The predicted octanol–water partition coefficient (Wildman–Crippen LogP) is 3.63. The zero-order valence-electron chi connectivity index (χ0n) is 17.5. The lowest BCUT2D eigenvalue weighted by Crippen LogP contribution is -2.22. The Labute approximate surface area is 170 Å². The molecule has 0 radical (unpaired) electrons. The molecule has 0 bridgehead atoms. The standard InChI is InChI=1S/C22H27NO6/c1-6-14-9-8-10-15(7-2)20(14)23-19(24)13-29-22(25)16-11-17(26-3)21(28-5)18(12-16)27-4/h8-12H,6-7,13H2,1-5H3,(H,23,24). The third-order valence-corrected chi connectivity index (χ3v) is 4.50. The van der Waals surface area contributed by atoms with Gasteiger partial charge in [0, 0.05) is 5.69 Å². The van der Waals surface area contributed by atoms with Crippen molar-refractivity contribution >= 4 is 17.6 Å². The van der Waals surface area contributed by atoms with Crippen molar-refractivity contribution < 1.29 is 28.5 Å². The largest absolute Gasteiger partial charge is 0.493 e. The van der Waals surface area contributed by atoms with Gasteiger partial charge in [0.2, 0.25) is 5.75 Å². The zero-order valence-corrected chi connectivity index (χ0v) is 17.5. The Morgan fingerprint density at radius 2 is 1.45 bits per heavy atom. The van der Waals surface area contributed by atoms with Crippen LogP contribution in [0.2, 0.25) is 0 Å². The third kappa shape index (κ3) is 5.19. The summed E-state index contributed by atoms with van der Waals surface area (Å²) in [5.41, 5.74) is 3.05. The van der Waals surface area contributed by atoms with Crippen LogP contribution in [0.4, 0.5) is 5.69 Å². The highest BCUT2D eigenvalue weighted by Crippen LogP contribution is 2.38. The van der Waals surface area contributed by atoms with Crippen LogP contribution in [0.3, 0.4) is 0 Å². The minimum absolute atomic E-state index is 0.190. The molecule has 0 atom stereocenters. The summed E-state index contributed by atoms with van der Waals surface area (Å²) in [6.45, 7) is 3.64. The van der Waals surface area contributed by atoms with Crippen LogP contribution in [0.5, 0.6) is 17.2 Å². The quantitative estimate of drug-likeness (QED) is 0.646. The first-order chi connectivity index (χ1) is 14.0. The Kier molecular flexibility index (Phi) is 7.88. The molecule has 1 amide bonds. The smallest absolute Gasteiger partial charge is 0.338 e.